The monoisotopic (exact) mass is 375 g/mol. The summed E-state index contributed by atoms with van der Waals surface area (Å²) in [5, 5.41) is 0. The standard InChI is InChI=1S/C20H25NO6/c1-25-15-7-8-16(18(10-15)26-2)17(22)12-27-20(24)13-9-19(23)21(11-13)14-5-3-4-6-14/h7-8,10,13-14H,3-6,9,11-12H2,1-2H3/t13-/m1/s1. The number of likely N-dealkylation sites (tertiary alicyclic amines) is 1. The second-order valence-electron chi connectivity index (χ2n) is 6.98. The highest BCUT2D eigenvalue weighted by molar-refractivity contribution is 6.00. The lowest BCUT2D eigenvalue weighted by atomic mass is 10.1. The van der Waals surface area contributed by atoms with E-state index >= 15 is 0 Å². The summed E-state index contributed by atoms with van der Waals surface area (Å²) in [4.78, 5) is 38.8. The Hall–Kier alpha value is -2.57. The molecule has 1 saturated heterocycles. The van der Waals surface area contributed by atoms with E-state index in [9.17, 15) is 14.4 Å². The van der Waals surface area contributed by atoms with Crippen molar-refractivity contribution in [3.05, 3.63) is 23.8 Å². The van der Waals surface area contributed by atoms with Crippen molar-refractivity contribution in [2.45, 2.75) is 38.1 Å². The first-order valence-electron chi connectivity index (χ1n) is 9.24. The highest BCUT2D eigenvalue weighted by atomic mass is 16.5. The van der Waals surface area contributed by atoms with Crippen molar-refractivity contribution < 1.29 is 28.6 Å². The summed E-state index contributed by atoms with van der Waals surface area (Å²) >= 11 is 0. The van der Waals surface area contributed by atoms with Crippen LogP contribution in [0.1, 0.15) is 42.5 Å². The molecule has 146 valence electrons. The largest absolute Gasteiger partial charge is 0.497 e. The third kappa shape index (κ3) is 4.23. The zero-order chi connectivity index (χ0) is 19.4. The predicted molar refractivity (Wildman–Crippen MR) is 96.9 cm³/mol. The van der Waals surface area contributed by atoms with E-state index in [4.69, 9.17) is 14.2 Å². The van der Waals surface area contributed by atoms with E-state index in [1.54, 1.807) is 18.2 Å². The number of benzene rings is 1. The van der Waals surface area contributed by atoms with Gasteiger partial charge in [0.1, 0.15) is 11.5 Å². The van der Waals surface area contributed by atoms with Crippen LogP contribution in [0.2, 0.25) is 0 Å². The Labute approximate surface area is 158 Å². The second-order valence-corrected chi connectivity index (χ2v) is 6.98. The van der Waals surface area contributed by atoms with Crippen LogP contribution in [0.3, 0.4) is 0 Å². The molecule has 0 unspecified atom stereocenters. The van der Waals surface area contributed by atoms with Crippen LogP contribution in [-0.4, -0.2) is 56.0 Å². The van der Waals surface area contributed by atoms with E-state index in [2.05, 4.69) is 0 Å². The Bertz CT molecular complexity index is 725. The number of hydrogen-bond acceptors (Lipinski definition) is 6. The number of carbonyl (C=O) groups is 3. The minimum Gasteiger partial charge on any atom is -0.497 e. The summed E-state index contributed by atoms with van der Waals surface area (Å²) in [6.45, 7) is 0.0119. The van der Waals surface area contributed by atoms with Crippen LogP contribution in [0, 0.1) is 5.92 Å². The van der Waals surface area contributed by atoms with Crippen molar-refractivity contribution in [1.82, 2.24) is 4.90 Å². The minimum absolute atomic E-state index is 0.00648. The molecule has 1 heterocycles. The van der Waals surface area contributed by atoms with Gasteiger partial charge in [0, 0.05) is 25.1 Å². The second kappa shape index (κ2) is 8.41. The summed E-state index contributed by atoms with van der Waals surface area (Å²) in [6, 6.07) is 5.08. The fourth-order valence-corrected chi connectivity index (χ4v) is 3.82. The molecule has 7 nitrogen and oxygen atoms in total. The van der Waals surface area contributed by atoms with Crippen LogP contribution in [0.5, 0.6) is 11.5 Å². The molecule has 3 rings (SSSR count). The molecule has 0 spiro atoms. The highest BCUT2D eigenvalue weighted by Gasteiger charge is 2.39. The molecule has 0 aromatic heterocycles. The lowest BCUT2D eigenvalue weighted by molar-refractivity contribution is -0.147. The van der Waals surface area contributed by atoms with E-state index in [1.807, 2.05) is 4.90 Å². The van der Waals surface area contributed by atoms with E-state index < -0.39 is 11.9 Å². The maximum Gasteiger partial charge on any atom is 0.311 e. The Morgan fingerprint density at radius 3 is 2.56 bits per heavy atom. The summed E-state index contributed by atoms with van der Waals surface area (Å²) in [7, 11) is 2.98. The summed E-state index contributed by atoms with van der Waals surface area (Å²) < 4.78 is 15.5. The minimum atomic E-state index is -0.497. The van der Waals surface area contributed by atoms with Crippen molar-refractivity contribution in [3.8, 4) is 11.5 Å². The first-order valence-corrected chi connectivity index (χ1v) is 9.24. The van der Waals surface area contributed by atoms with Gasteiger partial charge in [-0.3, -0.25) is 14.4 Å². The quantitative estimate of drug-likeness (QED) is 0.537. The molecular formula is C20H25NO6. The van der Waals surface area contributed by atoms with Gasteiger partial charge >= 0.3 is 5.97 Å². The number of esters is 1. The third-order valence-corrected chi connectivity index (χ3v) is 5.31. The van der Waals surface area contributed by atoms with E-state index in [1.165, 1.54) is 14.2 Å². The number of nitrogens with zero attached hydrogens (tertiary/aromatic N) is 1. The molecule has 1 aliphatic heterocycles. The summed E-state index contributed by atoms with van der Waals surface area (Å²) in [6.07, 6.45) is 4.42. The molecule has 1 saturated carbocycles. The van der Waals surface area contributed by atoms with E-state index in [0.717, 1.165) is 25.7 Å². The van der Waals surface area contributed by atoms with Crippen molar-refractivity contribution in [2.24, 2.45) is 5.92 Å². The van der Waals surface area contributed by atoms with Crippen molar-refractivity contribution >= 4 is 17.7 Å². The van der Waals surface area contributed by atoms with Crippen LogP contribution in [0.4, 0.5) is 0 Å². The van der Waals surface area contributed by atoms with Gasteiger partial charge in [-0.25, -0.2) is 0 Å². The molecule has 2 aliphatic rings. The molecule has 1 aromatic carbocycles. The Kier molecular flexibility index (Phi) is 5.98. The molecule has 1 aromatic rings. The summed E-state index contributed by atoms with van der Waals surface area (Å²) in [5.74, 6) is -0.420. The number of ketones is 1. The van der Waals surface area contributed by atoms with Gasteiger partial charge in [0.15, 0.2) is 6.61 Å². The van der Waals surface area contributed by atoms with Gasteiger partial charge in [-0.2, -0.15) is 0 Å². The molecule has 1 aliphatic carbocycles. The highest BCUT2D eigenvalue weighted by Crippen LogP contribution is 2.30. The smallest absolute Gasteiger partial charge is 0.311 e. The van der Waals surface area contributed by atoms with Gasteiger partial charge in [-0.05, 0) is 25.0 Å². The van der Waals surface area contributed by atoms with E-state index in [0.29, 0.717) is 23.6 Å². The first-order chi connectivity index (χ1) is 13.0. The van der Waals surface area contributed by atoms with Gasteiger partial charge < -0.3 is 19.1 Å². The number of ether oxygens (including phenoxy) is 3. The number of Topliss-reactive ketones (excluding diaryl/α,β-unsaturated/α-hetero) is 1. The Morgan fingerprint density at radius 1 is 1.15 bits per heavy atom. The van der Waals surface area contributed by atoms with Crippen molar-refractivity contribution in [2.75, 3.05) is 27.4 Å². The first kappa shape index (κ1) is 19.2. The van der Waals surface area contributed by atoms with Gasteiger partial charge in [0.05, 0.1) is 25.7 Å². The normalized spacial score (nSPS) is 20.0. The molecule has 0 N–H and O–H groups in total. The molecule has 1 atom stereocenters. The number of carbonyl (C=O) groups excluding carboxylic acids is 3. The average molecular weight is 375 g/mol. The SMILES string of the molecule is COc1ccc(C(=O)COC(=O)[C@@H]2CC(=O)N(C3CCCC3)C2)c(OC)c1. The van der Waals surface area contributed by atoms with Crippen molar-refractivity contribution in [1.29, 1.82) is 0 Å². The molecule has 2 fully saturated rings. The molecule has 27 heavy (non-hydrogen) atoms. The molecule has 0 radical (unpaired) electrons. The van der Waals surface area contributed by atoms with Crippen LogP contribution in [0.25, 0.3) is 0 Å². The zero-order valence-corrected chi connectivity index (χ0v) is 15.7. The van der Waals surface area contributed by atoms with Gasteiger partial charge in [0.2, 0.25) is 11.7 Å². The number of rotatable bonds is 7. The van der Waals surface area contributed by atoms with Gasteiger partial charge in [0.25, 0.3) is 0 Å². The van der Waals surface area contributed by atoms with Crippen molar-refractivity contribution in [3.63, 3.8) is 0 Å². The fourth-order valence-electron chi connectivity index (χ4n) is 3.82. The number of hydrogen-bond donors (Lipinski definition) is 0. The lowest BCUT2D eigenvalue weighted by Gasteiger charge is -2.23. The zero-order valence-electron chi connectivity index (χ0n) is 15.7. The molecular weight excluding hydrogens is 350 g/mol. The van der Waals surface area contributed by atoms with Crippen LogP contribution < -0.4 is 9.47 Å². The Balaban J connectivity index is 1.56. The molecule has 1 amide bonds. The summed E-state index contributed by atoms with van der Waals surface area (Å²) in [5.41, 5.74) is 0.321. The van der Waals surface area contributed by atoms with Gasteiger partial charge in [-0.15, -0.1) is 0 Å². The maximum atomic E-state index is 12.4. The average Bonchev–Trinajstić information content (AvgIpc) is 3.34. The number of amides is 1. The Morgan fingerprint density at radius 2 is 1.89 bits per heavy atom. The van der Waals surface area contributed by atoms with E-state index in [-0.39, 0.29) is 30.8 Å². The third-order valence-electron chi connectivity index (χ3n) is 5.31. The molecule has 0 bridgehead atoms. The van der Waals surface area contributed by atoms with Crippen LogP contribution in [-0.2, 0) is 14.3 Å². The van der Waals surface area contributed by atoms with Gasteiger partial charge in [-0.1, -0.05) is 12.8 Å². The molecule has 7 heteroatoms. The fraction of sp³-hybridized carbons (Fsp3) is 0.550. The van der Waals surface area contributed by atoms with Crippen LogP contribution in [0.15, 0.2) is 18.2 Å². The maximum absolute atomic E-state index is 12.4. The lowest BCUT2D eigenvalue weighted by Crippen LogP contribution is -2.35. The predicted octanol–water partition coefficient (Wildman–Crippen LogP) is 2.22. The topological polar surface area (TPSA) is 82.1 Å². The van der Waals surface area contributed by atoms with Crippen LogP contribution >= 0.6 is 0 Å². The number of methoxy groups -OCH3 is 2.